The lowest BCUT2D eigenvalue weighted by molar-refractivity contribution is -0.122. The van der Waals surface area contributed by atoms with Gasteiger partial charge < -0.3 is 10.4 Å². The molecule has 0 unspecified atom stereocenters. The maximum Gasteiger partial charge on any atom is 0.226 e. The molecule has 4 nitrogen and oxygen atoms in total. The van der Waals surface area contributed by atoms with Crippen LogP contribution < -0.4 is 5.32 Å². The van der Waals surface area contributed by atoms with Crippen molar-refractivity contribution in [3.63, 3.8) is 0 Å². The molecular formula is C15H17ClN2O2S2. The van der Waals surface area contributed by atoms with Crippen LogP contribution in [0.5, 0.6) is 0 Å². The highest BCUT2D eigenvalue weighted by Crippen LogP contribution is 2.33. The lowest BCUT2D eigenvalue weighted by Gasteiger charge is -2.28. The van der Waals surface area contributed by atoms with Crippen LogP contribution in [0.2, 0.25) is 4.34 Å². The van der Waals surface area contributed by atoms with Crippen LogP contribution in [0.15, 0.2) is 17.5 Å². The predicted octanol–water partition coefficient (Wildman–Crippen LogP) is 3.49. The molecule has 2 aromatic rings. The molecule has 2 atom stereocenters. The van der Waals surface area contributed by atoms with Gasteiger partial charge in [-0.3, -0.25) is 4.79 Å². The Morgan fingerprint density at radius 2 is 2.23 bits per heavy atom. The SMILES string of the molecule is O=C(Cc1csc(-c2ccc(Cl)s2)n1)N[C@H]1CCCC[C@@H]1O. The van der Waals surface area contributed by atoms with E-state index in [1.807, 2.05) is 17.5 Å². The monoisotopic (exact) mass is 356 g/mol. The molecule has 0 radical (unpaired) electrons. The molecule has 7 heteroatoms. The summed E-state index contributed by atoms with van der Waals surface area (Å²) in [5.41, 5.74) is 0.757. The highest BCUT2D eigenvalue weighted by molar-refractivity contribution is 7.23. The van der Waals surface area contributed by atoms with Gasteiger partial charge in [-0.25, -0.2) is 4.98 Å². The van der Waals surface area contributed by atoms with E-state index in [1.165, 1.54) is 22.7 Å². The number of nitrogens with zero attached hydrogens (tertiary/aromatic N) is 1. The van der Waals surface area contributed by atoms with Crippen LogP contribution in [0.1, 0.15) is 31.4 Å². The number of carbonyl (C=O) groups is 1. The van der Waals surface area contributed by atoms with E-state index in [0.29, 0.717) is 0 Å². The second-order valence-corrected chi connectivity index (χ2v) is 8.02. The van der Waals surface area contributed by atoms with Gasteiger partial charge in [0.25, 0.3) is 0 Å². The van der Waals surface area contributed by atoms with Crippen LogP contribution in [0, 0.1) is 0 Å². The fourth-order valence-corrected chi connectivity index (χ4v) is 4.57. The molecule has 0 saturated heterocycles. The summed E-state index contributed by atoms with van der Waals surface area (Å²) < 4.78 is 0.732. The molecular weight excluding hydrogens is 340 g/mol. The van der Waals surface area contributed by atoms with Gasteiger partial charge in [0.1, 0.15) is 5.01 Å². The molecule has 1 saturated carbocycles. The smallest absolute Gasteiger partial charge is 0.226 e. The molecule has 1 aliphatic rings. The summed E-state index contributed by atoms with van der Waals surface area (Å²) in [7, 11) is 0. The number of amides is 1. The number of aromatic nitrogens is 1. The average molecular weight is 357 g/mol. The van der Waals surface area contributed by atoms with Gasteiger partial charge in [-0.05, 0) is 25.0 Å². The number of thiazole rings is 1. The molecule has 2 N–H and O–H groups in total. The number of hydrogen-bond donors (Lipinski definition) is 2. The predicted molar refractivity (Wildman–Crippen MR) is 90.5 cm³/mol. The molecule has 0 bridgehead atoms. The molecule has 0 aliphatic heterocycles. The fraction of sp³-hybridized carbons (Fsp3) is 0.467. The zero-order valence-electron chi connectivity index (χ0n) is 11.9. The lowest BCUT2D eigenvalue weighted by Crippen LogP contribution is -2.45. The first kappa shape index (κ1) is 15.9. The van der Waals surface area contributed by atoms with E-state index in [1.54, 1.807) is 0 Å². The Bertz CT molecular complexity index is 656. The molecule has 0 aromatic carbocycles. The molecule has 0 spiro atoms. The average Bonchev–Trinajstić information content (AvgIpc) is 3.10. The number of nitrogens with one attached hydrogen (secondary N) is 1. The summed E-state index contributed by atoms with van der Waals surface area (Å²) in [6, 6.07) is 3.67. The highest BCUT2D eigenvalue weighted by atomic mass is 35.5. The van der Waals surface area contributed by atoms with Gasteiger partial charge in [-0.1, -0.05) is 24.4 Å². The van der Waals surface area contributed by atoms with Crippen LogP contribution >= 0.6 is 34.3 Å². The van der Waals surface area contributed by atoms with Gasteiger partial charge in [0.2, 0.25) is 5.91 Å². The van der Waals surface area contributed by atoms with E-state index in [9.17, 15) is 9.90 Å². The minimum Gasteiger partial charge on any atom is -0.391 e. The van der Waals surface area contributed by atoms with E-state index in [4.69, 9.17) is 11.6 Å². The van der Waals surface area contributed by atoms with Gasteiger partial charge in [0.05, 0.1) is 33.5 Å². The Kier molecular flexibility index (Phi) is 5.13. The number of rotatable bonds is 4. The zero-order valence-corrected chi connectivity index (χ0v) is 14.3. The largest absolute Gasteiger partial charge is 0.391 e. The van der Waals surface area contributed by atoms with Crippen molar-refractivity contribution in [2.75, 3.05) is 0 Å². The van der Waals surface area contributed by atoms with Gasteiger partial charge in [-0.2, -0.15) is 0 Å². The minimum absolute atomic E-state index is 0.0768. The Morgan fingerprint density at radius 3 is 2.95 bits per heavy atom. The van der Waals surface area contributed by atoms with Crippen LogP contribution in [-0.4, -0.2) is 28.1 Å². The second kappa shape index (κ2) is 7.08. The quantitative estimate of drug-likeness (QED) is 0.881. The summed E-state index contributed by atoms with van der Waals surface area (Å²) >= 11 is 8.93. The number of thiophene rings is 1. The van der Waals surface area contributed by atoms with E-state index < -0.39 is 6.10 Å². The maximum absolute atomic E-state index is 12.1. The van der Waals surface area contributed by atoms with Crippen molar-refractivity contribution >= 4 is 40.2 Å². The number of hydrogen-bond acceptors (Lipinski definition) is 5. The van der Waals surface area contributed by atoms with Crippen molar-refractivity contribution in [3.8, 4) is 9.88 Å². The standard InChI is InChI=1S/C15H17ClN2O2S2/c16-13-6-5-12(22-13)15-17-9(8-21-15)7-14(20)18-10-3-1-2-4-11(10)19/h5-6,8,10-11,19H,1-4,7H2,(H,18,20)/t10-,11-/m0/s1. The summed E-state index contributed by atoms with van der Waals surface area (Å²) in [6.45, 7) is 0. The summed E-state index contributed by atoms with van der Waals surface area (Å²) in [4.78, 5) is 17.6. The first-order valence-corrected chi connectivity index (χ1v) is 9.37. The van der Waals surface area contributed by atoms with E-state index >= 15 is 0 Å². The number of aliphatic hydroxyl groups is 1. The first-order chi connectivity index (χ1) is 10.6. The maximum atomic E-state index is 12.1. The number of halogens is 1. The molecule has 1 fully saturated rings. The van der Waals surface area contributed by atoms with Crippen LogP contribution in [-0.2, 0) is 11.2 Å². The summed E-state index contributed by atoms with van der Waals surface area (Å²) in [5, 5.41) is 15.6. The molecule has 22 heavy (non-hydrogen) atoms. The summed E-state index contributed by atoms with van der Waals surface area (Å²) in [5.74, 6) is -0.0768. The summed E-state index contributed by atoms with van der Waals surface area (Å²) in [6.07, 6.45) is 3.54. The Morgan fingerprint density at radius 1 is 1.41 bits per heavy atom. The third-order valence-electron chi connectivity index (χ3n) is 3.75. The zero-order chi connectivity index (χ0) is 15.5. The fourth-order valence-electron chi connectivity index (χ4n) is 2.63. The minimum atomic E-state index is -0.419. The van der Waals surface area contributed by atoms with Crippen molar-refractivity contribution < 1.29 is 9.90 Å². The van der Waals surface area contributed by atoms with Gasteiger partial charge in [-0.15, -0.1) is 22.7 Å². The topological polar surface area (TPSA) is 62.2 Å². The lowest BCUT2D eigenvalue weighted by atomic mass is 9.92. The van der Waals surface area contributed by atoms with Crippen LogP contribution in [0.25, 0.3) is 9.88 Å². The third-order valence-corrected chi connectivity index (χ3v) is 6.04. The number of aliphatic hydroxyl groups excluding tert-OH is 1. The van der Waals surface area contributed by atoms with Gasteiger partial charge in [0.15, 0.2) is 0 Å². The molecule has 2 heterocycles. The van der Waals surface area contributed by atoms with Crippen molar-refractivity contribution in [2.45, 2.75) is 44.2 Å². The normalized spacial score (nSPS) is 21.7. The molecule has 2 aromatic heterocycles. The van der Waals surface area contributed by atoms with E-state index in [2.05, 4.69) is 10.3 Å². The van der Waals surface area contributed by atoms with Gasteiger partial charge in [0, 0.05) is 5.38 Å². The highest BCUT2D eigenvalue weighted by Gasteiger charge is 2.24. The van der Waals surface area contributed by atoms with Crippen LogP contribution in [0.4, 0.5) is 0 Å². The van der Waals surface area contributed by atoms with Crippen LogP contribution in [0.3, 0.4) is 0 Å². The second-order valence-electron chi connectivity index (χ2n) is 5.45. The Balaban J connectivity index is 1.59. The van der Waals surface area contributed by atoms with Crippen molar-refractivity contribution in [3.05, 3.63) is 27.5 Å². The van der Waals surface area contributed by atoms with Crippen molar-refractivity contribution in [2.24, 2.45) is 0 Å². The van der Waals surface area contributed by atoms with Crippen molar-refractivity contribution in [1.29, 1.82) is 0 Å². The van der Waals surface area contributed by atoms with E-state index in [-0.39, 0.29) is 18.4 Å². The first-order valence-electron chi connectivity index (χ1n) is 7.29. The third kappa shape index (κ3) is 3.87. The molecule has 1 aliphatic carbocycles. The Hall–Kier alpha value is -0.950. The molecule has 3 rings (SSSR count). The van der Waals surface area contributed by atoms with E-state index in [0.717, 1.165) is 45.6 Å². The Labute approximate surface area is 142 Å². The van der Waals surface area contributed by atoms with Crippen molar-refractivity contribution in [1.82, 2.24) is 10.3 Å². The van der Waals surface area contributed by atoms with Gasteiger partial charge >= 0.3 is 0 Å². The molecule has 118 valence electrons. The molecule has 1 amide bonds. The number of carbonyl (C=O) groups excluding carboxylic acids is 1.